The van der Waals surface area contributed by atoms with Crippen molar-refractivity contribution in [1.29, 1.82) is 0 Å². The number of non-ortho nitro benzene ring substituents is 1. The van der Waals surface area contributed by atoms with Crippen LogP contribution in [0.15, 0.2) is 60.7 Å². The lowest BCUT2D eigenvalue weighted by Crippen LogP contribution is -2.32. The summed E-state index contributed by atoms with van der Waals surface area (Å²) in [5, 5.41) is 23.4. The van der Waals surface area contributed by atoms with Crippen LogP contribution in [0.3, 0.4) is 0 Å². The zero-order valence-corrected chi connectivity index (χ0v) is 16.9. The van der Waals surface area contributed by atoms with E-state index in [1.54, 1.807) is 24.3 Å². The van der Waals surface area contributed by atoms with Gasteiger partial charge in [0.1, 0.15) is 11.8 Å². The molecule has 0 aromatic heterocycles. The number of nitro groups is 1. The highest BCUT2D eigenvalue weighted by atomic mass is 31.2. The van der Waals surface area contributed by atoms with E-state index in [2.05, 4.69) is 4.67 Å². The molecule has 0 saturated heterocycles. The molecule has 0 bridgehead atoms. The number of carbonyl (C=O) groups is 1. The molecule has 0 spiro atoms. The number of nitrogens with zero attached hydrogens (tertiary/aromatic N) is 1. The maximum absolute atomic E-state index is 12.0. The van der Waals surface area contributed by atoms with Gasteiger partial charge in [-0.1, -0.05) is 41.1 Å². The molecule has 3 N–H and O–H groups in total. The first-order chi connectivity index (χ1) is 14.7. The lowest BCUT2D eigenvalue weighted by molar-refractivity contribution is -0.385. The number of carboxylic acids is 1. The molecule has 12 heteroatoms. The molecule has 0 fully saturated rings. The minimum atomic E-state index is -4.68. The molecule has 3 aromatic carbocycles. The zero-order valence-electron chi connectivity index (χ0n) is 16.0. The van der Waals surface area contributed by atoms with Crippen molar-refractivity contribution >= 4 is 30.2 Å². The van der Waals surface area contributed by atoms with E-state index in [9.17, 15) is 24.4 Å². The van der Waals surface area contributed by atoms with Crippen molar-refractivity contribution in [3.8, 4) is 17.2 Å². The van der Waals surface area contributed by atoms with Crippen LogP contribution < -0.4 is 14.7 Å². The molecule has 2 unspecified atom stereocenters. The Morgan fingerprint density at radius 2 is 1.81 bits per heavy atom. The first-order valence-electron chi connectivity index (χ1n) is 8.80. The Morgan fingerprint density at radius 1 is 1.10 bits per heavy atom. The van der Waals surface area contributed by atoms with Gasteiger partial charge in [0.05, 0.1) is 11.0 Å². The highest BCUT2D eigenvalue weighted by Gasteiger charge is 2.28. The first kappa shape index (κ1) is 22.2. The summed E-state index contributed by atoms with van der Waals surface area (Å²) in [6, 6.07) is 14.4. The number of aliphatic carboxylic acids is 1. The van der Waals surface area contributed by atoms with E-state index in [1.165, 1.54) is 0 Å². The van der Waals surface area contributed by atoms with E-state index >= 15 is 0 Å². The summed E-state index contributed by atoms with van der Waals surface area (Å²) in [7, 11) is -4.68. The third kappa shape index (κ3) is 5.56. The van der Waals surface area contributed by atoms with Crippen LogP contribution in [-0.4, -0.2) is 26.9 Å². The molecule has 0 radical (unpaired) electrons. The Morgan fingerprint density at radius 3 is 2.52 bits per heavy atom. The summed E-state index contributed by atoms with van der Waals surface area (Å²) in [6.07, 6.45) is 0. The van der Waals surface area contributed by atoms with Crippen LogP contribution >= 0.6 is 7.75 Å². The van der Waals surface area contributed by atoms with E-state index in [0.29, 0.717) is 11.1 Å². The number of hydrogen-bond acceptors (Lipinski definition) is 7. The molecular weight excluding hydrogens is 431 g/mol. The van der Waals surface area contributed by atoms with Gasteiger partial charge in [-0.25, -0.2) is 9.65 Å². The van der Waals surface area contributed by atoms with Gasteiger partial charge in [-0.2, -0.15) is 0 Å². The number of fused-ring (bicyclic) bond motifs is 1. The topological polar surface area (TPSA) is 157 Å². The van der Waals surface area contributed by atoms with E-state index in [1.807, 2.05) is 23.3 Å². The molecule has 0 aliphatic heterocycles. The molecule has 0 amide bonds. The fraction of sp³-hybridized carbons (Fsp3) is 0.105. The third-order valence-electron chi connectivity index (χ3n) is 4.06. The standard InChI is InChI=1S/C19H17N2O9P/c1-12(19(22)23)20-31(26,27)30-29-17-10-9-14(21(24)25)11-18(17)28-16-8-4-6-13-5-2-3-7-15(13)16/h2-12H,1H3,(H,22,23)(H2,20,26,27). The fourth-order valence-electron chi connectivity index (χ4n) is 2.57. The SMILES string of the molecule is CC(NP(=O)(O)OOc1ccc([N+](=O)[O-])cc1Oc1cccc2ccccc12)C(=O)O. The normalized spacial score (nSPS) is 13.9. The second-order valence-corrected chi connectivity index (χ2v) is 7.78. The lowest BCUT2D eigenvalue weighted by atomic mass is 10.1. The number of hydrogen-bond donors (Lipinski definition) is 3. The van der Waals surface area contributed by atoms with Crippen molar-refractivity contribution in [1.82, 2.24) is 5.09 Å². The van der Waals surface area contributed by atoms with Crippen LogP contribution in [0.4, 0.5) is 5.69 Å². The highest BCUT2D eigenvalue weighted by molar-refractivity contribution is 7.50. The molecule has 0 heterocycles. The summed E-state index contributed by atoms with van der Waals surface area (Å²) in [4.78, 5) is 36.0. The Labute approximate surface area is 175 Å². The molecule has 0 aliphatic rings. The number of carboxylic acid groups (broad SMARTS) is 1. The Bertz CT molecular complexity index is 1180. The quantitative estimate of drug-likeness (QED) is 0.189. The van der Waals surface area contributed by atoms with Crippen LogP contribution in [0.5, 0.6) is 17.2 Å². The van der Waals surface area contributed by atoms with Crippen LogP contribution in [0, 0.1) is 10.1 Å². The van der Waals surface area contributed by atoms with Gasteiger partial charge in [0.15, 0.2) is 5.75 Å². The predicted octanol–water partition coefficient (Wildman–Crippen LogP) is 4.01. The molecule has 162 valence electrons. The molecule has 31 heavy (non-hydrogen) atoms. The van der Waals surface area contributed by atoms with Gasteiger partial charge < -0.3 is 19.6 Å². The smallest absolute Gasteiger partial charge is 0.440 e. The van der Waals surface area contributed by atoms with Crippen LogP contribution in [-0.2, 0) is 14.0 Å². The van der Waals surface area contributed by atoms with E-state index in [-0.39, 0.29) is 17.2 Å². The van der Waals surface area contributed by atoms with Gasteiger partial charge in [0, 0.05) is 11.5 Å². The Kier molecular flexibility index (Phi) is 6.52. The Hall–Kier alpha value is -3.50. The van der Waals surface area contributed by atoms with Gasteiger partial charge >= 0.3 is 13.7 Å². The molecule has 0 aliphatic carbocycles. The molecule has 0 saturated carbocycles. The van der Waals surface area contributed by atoms with Gasteiger partial charge in [-0.15, -0.1) is 0 Å². The van der Waals surface area contributed by atoms with Crippen molar-refractivity contribution in [2.24, 2.45) is 0 Å². The molecule has 11 nitrogen and oxygen atoms in total. The third-order valence-corrected chi connectivity index (χ3v) is 5.05. The second kappa shape index (κ2) is 9.11. The average Bonchev–Trinajstić information content (AvgIpc) is 2.72. The predicted molar refractivity (Wildman–Crippen MR) is 109 cm³/mol. The van der Waals surface area contributed by atoms with Gasteiger partial charge in [0.25, 0.3) is 5.69 Å². The molecule has 2 atom stereocenters. The van der Waals surface area contributed by atoms with E-state index in [0.717, 1.165) is 30.5 Å². The number of nitro benzene ring substituents is 1. The van der Waals surface area contributed by atoms with Crippen molar-refractivity contribution in [3.63, 3.8) is 0 Å². The van der Waals surface area contributed by atoms with Crippen LogP contribution in [0.25, 0.3) is 10.8 Å². The van der Waals surface area contributed by atoms with E-state index in [4.69, 9.17) is 14.7 Å². The monoisotopic (exact) mass is 448 g/mol. The minimum absolute atomic E-state index is 0.156. The second-order valence-electron chi connectivity index (χ2n) is 6.33. The maximum Gasteiger partial charge on any atom is 0.440 e. The largest absolute Gasteiger partial charge is 0.480 e. The van der Waals surface area contributed by atoms with Crippen molar-refractivity contribution < 1.29 is 38.6 Å². The number of benzene rings is 3. The summed E-state index contributed by atoms with van der Waals surface area (Å²) < 4.78 is 22.3. The first-order valence-corrected chi connectivity index (χ1v) is 10.4. The van der Waals surface area contributed by atoms with Crippen molar-refractivity contribution in [3.05, 3.63) is 70.8 Å². The van der Waals surface area contributed by atoms with Gasteiger partial charge in [-0.05, 0) is 24.4 Å². The van der Waals surface area contributed by atoms with Crippen LogP contribution in [0.2, 0.25) is 0 Å². The zero-order chi connectivity index (χ0) is 22.6. The summed E-state index contributed by atoms with van der Waals surface area (Å²) >= 11 is 0. The van der Waals surface area contributed by atoms with Crippen molar-refractivity contribution in [2.45, 2.75) is 13.0 Å². The average molecular weight is 448 g/mol. The summed E-state index contributed by atoms with van der Waals surface area (Å²) in [5.41, 5.74) is -0.313. The van der Waals surface area contributed by atoms with Crippen molar-refractivity contribution in [2.75, 3.05) is 0 Å². The van der Waals surface area contributed by atoms with Gasteiger partial charge in [0.2, 0.25) is 5.75 Å². The number of rotatable bonds is 9. The molecule has 3 rings (SSSR count). The molecule has 3 aromatic rings. The number of ether oxygens (including phenoxy) is 1. The highest BCUT2D eigenvalue weighted by Crippen LogP contribution is 2.42. The Balaban J connectivity index is 1.90. The van der Waals surface area contributed by atoms with Gasteiger partial charge in [-0.3, -0.25) is 14.9 Å². The number of nitrogens with one attached hydrogen (secondary N) is 1. The summed E-state index contributed by atoms with van der Waals surface area (Å²) in [6.45, 7) is 1.13. The van der Waals surface area contributed by atoms with Crippen LogP contribution in [0.1, 0.15) is 6.92 Å². The maximum atomic E-state index is 12.0. The minimum Gasteiger partial charge on any atom is -0.480 e. The summed E-state index contributed by atoms with van der Waals surface area (Å²) in [5.74, 6) is -1.42. The van der Waals surface area contributed by atoms with E-state index < -0.39 is 24.7 Å². The fourth-order valence-corrected chi connectivity index (χ4v) is 3.40. The molecular formula is C19H17N2O9P. The lowest BCUT2D eigenvalue weighted by Gasteiger charge is -2.16.